The summed E-state index contributed by atoms with van der Waals surface area (Å²) in [5.74, 6) is -2.22. The van der Waals surface area contributed by atoms with Crippen LogP contribution in [-0.2, 0) is 0 Å². The van der Waals surface area contributed by atoms with Gasteiger partial charge in [-0.2, -0.15) is 0 Å². The Morgan fingerprint density at radius 2 is 1.92 bits per heavy atom. The molecule has 0 aliphatic carbocycles. The summed E-state index contributed by atoms with van der Waals surface area (Å²) in [6.45, 7) is 0.204. The van der Waals surface area contributed by atoms with E-state index in [0.717, 1.165) is 12.1 Å². The maximum atomic E-state index is 12.9. The molecule has 0 saturated heterocycles. The molecule has 0 spiro atoms. The maximum absolute atomic E-state index is 12.9. The lowest BCUT2D eigenvalue weighted by Gasteiger charge is -2.01. The SMILES string of the molecule is NC/C=C/c1c(F)ccc(F)c1O. The van der Waals surface area contributed by atoms with Crippen LogP contribution < -0.4 is 5.73 Å². The molecule has 70 valence electrons. The second-order valence-electron chi connectivity index (χ2n) is 2.43. The topological polar surface area (TPSA) is 46.2 Å². The van der Waals surface area contributed by atoms with Crippen molar-refractivity contribution >= 4 is 6.08 Å². The van der Waals surface area contributed by atoms with Crippen molar-refractivity contribution < 1.29 is 13.9 Å². The van der Waals surface area contributed by atoms with Gasteiger partial charge in [-0.1, -0.05) is 12.2 Å². The summed E-state index contributed by atoms with van der Waals surface area (Å²) in [7, 11) is 0. The molecular weight excluding hydrogens is 176 g/mol. The van der Waals surface area contributed by atoms with Crippen molar-refractivity contribution in [2.24, 2.45) is 5.73 Å². The molecule has 0 heterocycles. The number of nitrogens with two attached hydrogens (primary N) is 1. The summed E-state index contributed by atoms with van der Waals surface area (Å²) in [5, 5.41) is 9.10. The van der Waals surface area contributed by atoms with Gasteiger partial charge in [0.2, 0.25) is 0 Å². The van der Waals surface area contributed by atoms with Crippen molar-refractivity contribution in [1.82, 2.24) is 0 Å². The summed E-state index contributed by atoms with van der Waals surface area (Å²) < 4.78 is 25.6. The molecule has 1 rings (SSSR count). The van der Waals surface area contributed by atoms with Crippen molar-refractivity contribution in [3.8, 4) is 5.75 Å². The molecule has 0 amide bonds. The van der Waals surface area contributed by atoms with Crippen LogP contribution in [-0.4, -0.2) is 11.7 Å². The van der Waals surface area contributed by atoms with Crippen molar-refractivity contribution in [1.29, 1.82) is 0 Å². The molecule has 0 aliphatic rings. The van der Waals surface area contributed by atoms with Gasteiger partial charge in [0.05, 0.1) is 5.56 Å². The first-order chi connectivity index (χ1) is 6.16. The second-order valence-corrected chi connectivity index (χ2v) is 2.43. The summed E-state index contributed by atoms with van der Waals surface area (Å²) in [6, 6.07) is 1.82. The molecule has 2 nitrogen and oxygen atoms in total. The van der Waals surface area contributed by atoms with Crippen LogP contribution in [0.15, 0.2) is 18.2 Å². The van der Waals surface area contributed by atoms with Crippen LogP contribution in [0.2, 0.25) is 0 Å². The zero-order valence-electron chi connectivity index (χ0n) is 6.80. The van der Waals surface area contributed by atoms with Gasteiger partial charge in [0.1, 0.15) is 5.82 Å². The molecule has 0 aromatic heterocycles. The Morgan fingerprint density at radius 3 is 2.54 bits per heavy atom. The van der Waals surface area contributed by atoms with Crippen LogP contribution in [0.25, 0.3) is 6.08 Å². The fourth-order valence-electron chi connectivity index (χ4n) is 0.901. The number of phenolic OH excluding ortho intramolecular Hbond substituents is 1. The van der Waals surface area contributed by atoms with Crippen molar-refractivity contribution in [3.05, 3.63) is 35.4 Å². The van der Waals surface area contributed by atoms with E-state index in [1.165, 1.54) is 12.2 Å². The molecular formula is C9H9F2NO. The lowest BCUT2D eigenvalue weighted by molar-refractivity contribution is 0.425. The van der Waals surface area contributed by atoms with Crippen molar-refractivity contribution in [3.63, 3.8) is 0 Å². The molecule has 0 aliphatic heterocycles. The quantitative estimate of drug-likeness (QED) is 0.735. The fraction of sp³-hybridized carbons (Fsp3) is 0.111. The van der Waals surface area contributed by atoms with Gasteiger partial charge in [-0.25, -0.2) is 8.78 Å². The third-order valence-corrected chi connectivity index (χ3v) is 1.54. The Hall–Kier alpha value is -1.42. The Morgan fingerprint density at radius 1 is 1.31 bits per heavy atom. The molecule has 13 heavy (non-hydrogen) atoms. The van der Waals surface area contributed by atoms with Gasteiger partial charge in [-0.3, -0.25) is 0 Å². The predicted molar refractivity (Wildman–Crippen MR) is 46.1 cm³/mol. The fourth-order valence-corrected chi connectivity index (χ4v) is 0.901. The number of phenols is 1. The van der Waals surface area contributed by atoms with Gasteiger partial charge < -0.3 is 10.8 Å². The van der Waals surface area contributed by atoms with Gasteiger partial charge in [0.25, 0.3) is 0 Å². The average molecular weight is 185 g/mol. The number of hydrogen-bond acceptors (Lipinski definition) is 2. The average Bonchev–Trinajstić information content (AvgIpc) is 2.12. The molecule has 3 N–H and O–H groups in total. The van der Waals surface area contributed by atoms with E-state index >= 15 is 0 Å². The highest BCUT2D eigenvalue weighted by molar-refractivity contribution is 5.57. The first kappa shape index (κ1) is 9.67. The minimum atomic E-state index is -0.849. The maximum Gasteiger partial charge on any atom is 0.165 e. The lowest BCUT2D eigenvalue weighted by Crippen LogP contribution is -1.93. The molecule has 4 heteroatoms. The van der Waals surface area contributed by atoms with Crippen LogP contribution in [0.3, 0.4) is 0 Å². The third kappa shape index (κ3) is 2.03. The van der Waals surface area contributed by atoms with Gasteiger partial charge >= 0.3 is 0 Å². The van der Waals surface area contributed by atoms with E-state index in [0.29, 0.717) is 0 Å². The first-order valence-corrected chi connectivity index (χ1v) is 3.70. The van der Waals surface area contributed by atoms with E-state index in [4.69, 9.17) is 10.8 Å². The Labute approximate surface area is 74.3 Å². The van der Waals surface area contributed by atoms with Gasteiger partial charge in [-0.05, 0) is 12.1 Å². The van der Waals surface area contributed by atoms with E-state index in [-0.39, 0.29) is 12.1 Å². The highest BCUT2D eigenvalue weighted by atomic mass is 19.1. The van der Waals surface area contributed by atoms with Crippen LogP contribution in [0, 0.1) is 11.6 Å². The zero-order valence-corrected chi connectivity index (χ0v) is 6.80. The van der Waals surface area contributed by atoms with Crippen molar-refractivity contribution in [2.75, 3.05) is 6.54 Å². The summed E-state index contributed by atoms with van der Waals surface area (Å²) >= 11 is 0. The number of hydrogen-bond donors (Lipinski definition) is 2. The van der Waals surface area contributed by atoms with Crippen LogP contribution in [0.1, 0.15) is 5.56 Å². The van der Waals surface area contributed by atoms with Crippen LogP contribution in [0.5, 0.6) is 5.75 Å². The normalized spacial score (nSPS) is 11.0. The second kappa shape index (κ2) is 4.00. The summed E-state index contributed by atoms with van der Waals surface area (Å²) in [4.78, 5) is 0. The van der Waals surface area contributed by atoms with Crippen molar-refractivity contribution in [2.45, 2.75) is 0 Å². The van der Waals surface area contributed by atoms with Gasteiger partial charge in [-0.15, -0.1) is 0 Å². The van der Waals surface area contributed by atoms with E-state index in [9.17, 15) is 8.78 Å². The number of benzene rings is 1. The number of halogens is 2. The Bertz CT molecular complexity index is 337. The lowest BCUT2D eigenvalue weighted by atomic mass is 10.1. The highest BCUT2D eigenvalue weighted by Crippen LogP contribution is 2.24. The smallest absolute Gasteiger partial charge is 0.165 e. The summed E-state index contributed by atoms with van der Waals surface area (Å²) in [6.07, 6.45) is 2.67. The molecule has 0 bridgehead atoms. The van der Waals surface area contributed by atoms with Gasteiger partial charge in [0.15, 0.2) is 11.6 Å². The molecule has 0 fully saturated rings. The monoisotopic (exact) mass is 185 g/mol. The predicted octanol–water partition coefficient (Wildman–Crippen LogP) is 1.64. The molecule has 0 radical (unpaired) electrons. The molecule has 0 saturated carbocycles. The van der Waals surface area contributed by atoms with E-state index in [2.05, 4.69) is 0 Å². The summed E-state index contributed by atoms with van der Waals surface area (Å²) in [5.41, 5.74) is 4.95. The minimum absolute atomic E-state index is 0.176. The van der Waals surface area contributed by atoms with E-state index in [1.54, 1.807) is 0 Å². The molecule has 0 atom stereocenters. The minimum Gasteiger partial charge on any atom is -0.504 e. The Balaban J connectivity index is 3.17. The third-order valence-electron chi connectivity index (χ3n) is 1.54. The van der Waals surface area contributed by atoms with E-state index in [1.807, 2.05) is 0 Å². The number of rotatable bonds is 2. The van der Waals surface area contributed by atoms with Crippen LogP contribution >= 0.6 is 0 Å². The molecule has 1 aromatic rings. The van der Waals surface area contributed by atoms with Gasteiger partial charge in [0, 0.05) is 6.54 Å². The van der Waals surface area contributed by atoms with E-state index < -0.39 is 17.4 Å². The zero-order chi connectivity index (χ0) is 9.84. The highest BCUT2D eigenvalue weighted by Gasteiger charge is 2.09. The molecule has 0 unspecified atom stereocenters. The standard InChI is InChI=1S/C9H9F2NO/c10-7-3-4-8(11)9(13)6(7)2-1-5-12/h1-4,13H,5,12H2/b2-1+. The largest absolute Gasteiger partial charge is 0.504 e. The number of aromatic hydroxyl groups is 1. The molecule has 1 aromatic carbocycles. The first-order valence-electron chi connectivity index (χ1n) is 3.70. The van der Waals surface area contributed by atoms with Crippen LogP contribution in [0.4, 0.5) is 8.78 Å². The Kier molecular flexibility index (Phi) is 2.97.